The van der Waals surface area contributed by atoms with Crippen LogP contribution in [-0.4, -0.2) is 54.1 Å². The van der Waals surface area contributed by atoms with Gasteiger partial charge in [0.2, 0.25) is 0 Å². The number of thiophene rings is 1. The van der Waals surface area contributed by atoms with Gasteiger partial charge in [0.1, 0.15) is 11.2 Å². The molecule has 162 valence electrons. The third-order valence-corrected chi connectivity index (χ3v) is 6.14. The van der Waals surface area contributed by atoms with E-state index in [9.17, 15) is 0 Å². The number of hydrogen-bond donors (Lipinski definition) is 2. The van der Waals surface area contributed by atoms with Crippen LogP contribution in [0.5, 0.6) is 0 Å². The zero-order chi connectivity index (χ0) is 22.4. The number of rotatable bonds is 5. The Morgan fingerprint density at radius 1 is 0.970 bits per heavy atom. The predicted octanol–water partition coefficient (Wildman–Crippen LogP) is 4.75. The summed E-state index contributed by atoms with van der Waals surface area (Å²) in [4.78, 5) is 24.0. The Labute approximate surface area is 193 Å². The Kier molecular flexibility index (Phi) is 4.70. The highest BCUT2D eigenvalue weighted by atomic mass is 32.1. The second kappa shape index (κ2) is 7.88. The molecular formula is C24H20N8S. The molecule has 2 N–H and O–H groups in total. The van der Waals surface area contributed by atoms with E-state index in [-0.39, 0.29) is 0 Å². The van der Waals surface area contributed by atoms with E-state index in [2.05, 4.69) is 52.5 Å². The minimum absolute atomic E-state index is 0.692. The summed E-state index contributed by atoms with van der Waals surface area (Å²) in [7, 11) is 4.09. The molecule has 6 aromatic heterocycles. The molecule has 0 saturated heterocycles. The fourth-order valence-corrected chi connectivity index (χ4v) is 4.63. The maximum atomic E-state index is 4.88. The van der Waals surface area contributed by atoms with Gasteiger partial charge in [-0.15, -0.1) is 0 Å². The van der Waals surface area contributed by atoms with E-state index in [4.69, 9.17) is 4.98 Å². The van der Waals surface area contributed by atoms with E-state index in [0.717, 1.165) is 62.3 Å². The molecule has 0 radical (unpaired) electrons. The lowest BCUT2D eigenvalue weighted by molar-refractivity contribution is 0.402. The average Bonchev–Trinajstić information content (AvgIpc) is 3.57. The van der Waals surface area contributed by atoms with Gasteiger partial charge in [0.15, 0.2) is 5.82 Å². The molecule has 0 aliphatic heterocycles. The van der Waals surface area contributed by atoms with Crippen LogP contribution in [0, 0.1) is 0 Å². The number of aromatic amines is 2. The van der Waals surface area contributed by atoms with Gasteiger partial charge in [-0.1, -0.05) is 0 Å². The molecule has 0 fully saturated rings. The van der Waals surface area contributed by atoms with Crippen molar-refractivity contribution in [3.63, 3.8) is 0 Å². The van der Waals surface area contributed by atoms with Crippen LogP contribution in [0.2, 0.25) is 0 Å². The number of nitrogens with zero attached hydrogens (tertiary/aromatic N) is 6. The molecule has 6 heterocycles. The molecule has 0 aromatic carbocycles. The smallest absolute Gasteiger partial charge is 0.159 e. The van der Waals surface area contributed by atoms with E-state index in [1.165, 1.54) is 0 Å². The van der Waals surface area contributed by atoms with Gasteiger partial charge in [0.25, 0.3) is 0 Å². The summed E-state index contributed by atoms with van der Waals surface area (Å²) >= 11 is 1.64. The summed E-state index contributed by atoms with van der Waals surface area (Å²) in [6.07, 6.45) is 7.34. The maximum absolute atomic E-state index is 4.88. The van der Waals surface area contributed by atoms with Gasteiger partial charge >= 0.3 is 0 Å². The summed E-state index contributed by atoms with van der Waals surface area (Å²) in [6, 6.07) is 8.16. The molecule has 6 rings (SSSR count). The molecule has 0 aliphatic rings. The van der Waals surface area contributed by atoms with Gasteiger partial charge in [-0.05, 0) is 49.3 Å². The van der Waals surface area contributed by atoms with Crippen LogP contribution < -0.4 is 0 Å². The summed E-state index contributed by atoms with van der Waals surface area (Å²) in [5.74, 6) is 0.692. The number of pyridine rings is 3. The van der Waals surface area contributed by atoms with Gasteiger partial charge in [0, 0.05) is 47.0 Å². The molecule has 9 heteroatoms. The average molecular weight is 453 g/mol. The van der Waals surface area contributed by atoms with Crippen molar-refractivity contribution < 1.29 is 0 Å². The molecule has 0 aliphatic carbocycles. The van der Waals surface area contributed by atoms with Crippen molar-refractivity contribution in [1.29, 1.82) is 0 Å². The summed E-state index contributed by atoms with van der Waals surface area (Å²) in [6.45, 7) is 0.819. The number of nitrogens with one attached hydrogen (secondary N) is 2. The van der Waals surface area contributed by atoms with Crippen LogP contribution >= 0.6 is 11.3 Å². The molecule has 0 spiro atoms. The zero-order valence-electron chi connectivity index (χ0n) is 18.1. The minimum atomic E-state index is 0.692. The monoisotopic (exact) mass is 452 g/mol. The van der Waals surface area contributed by atoms with Gasteiger partial charge in [-0.25, -0.2) is 4.98 Å². The van der Waals surface area contributed by atoms with Crippen molar-refractivity contribution in [2.24, 2.45) is 0 Å². The molecule has 8 nitrogen and oxygen atoms in total. The van der Waals surface area contributed by atoms with Crippen LogP contribution in [0.1, 0.15) is 5.56 Å². The first-order chi connectivity index (χ1) is 16.2. The first-order valence-electron chi connectivity index (χ1n) is 10.5. The quantitative estimate of drug-likeness (QED) is 0.392. The van der Waals surface area contributed by atoms with Crippen molar-refractivity contribution in [1.82, 2.24) is 40.0 Å². The lowest BCUT2D eigenvalue weighted by Crippen LogP contribution is -2.10. The van der Waals surface area contributed by atoms with Crippen LogP contribution in [0.3, 0.4) is 0 Å². The Bertz CT molecular complexity index is 1580. The fraction of sp³-hybridized carbons (Fsp3) is 0.125. The van der Waals surface area contributed by atoms with Crippen molar-refractivity contribution in [2.45, 2.75) is 6.54 Å². The van der Waals surface area contributed by atoms with Crippen molar-refractivity contribution in [3.05, 3.63) is 65.4 Å². The molecule has 0 amide bonds. The van der Waals surface area contributed by atoms with Crippen LogP contribution in [0.15, 0.2) is 59.8 Å². The summed E-state index contributed by atoms with van der Waals surface area (Å²) in [5.41, 5.74) is 8.23. The van der Waals surface area contributed by atoms with Crippen molar-refractivity contribution in [3.8, 4) is 34.0 Å². The van der Waals surface area contributed by atoms with E-state index < -0.39 is 0 Å². The molecule has 0 atom stereocenters. The van der Waals surface area contributed by atoms with Crippen molar-refractivity contribution in [2.75, 3.05) is 14.1 Å². The Morgan fingerprint density at radius 3 is 2.76 bits per heavy atom. The highest BCUT2D eigenvalue weighted by Crippen LogP contribution is 2.32. The number of fused-ring (bicyclic) bond motifs is 2. The van der Waals surface area contributed by atoms with E-state index >= 15 is 0 Å². The normalized spacial score (nSPS) is 11.7. The molecule has 6 aromatic rings. The molecule has 0 unspecified atom stereocenters. The third-order valence-electron chi connectivity index (χ3n) is 5.46. The number of aromatic nitrogens is 7. The maximum Gasteiger partial charge on any atom is 0.159 e. The topological polar surface area (TPSA) is 99.3 Å². The lowest BCUT2D eigenvalue weighted by atomic mass is 10.1. The van der Waals surface area contributed by atoms with Gasteiger partial charge < -0.3 is 9.88 Å². The molecular weight excluding hydrogens is 432 g/mol. The number of H-pyrrole nitrogens is 2. The van der Waals surface area contributed by atoms with Crippen LogP contribution in [-0.2, 0) is 6.54 Å². The SMILES string of the molecule is CN(C)Cc1cncc(-c2cc3c(-c4nc5c(-c6ccsc6)nccc5[nH]4)n[nH]c3cn2)c1. The summed E-state index contributed by atoms with van der Waals surface area (Å²) < 4.78 is 0. The Morgan fingerprint density at radius 2 is 1.91 bits per heavy atom. The molecule has 0 saturated carbocycles. The van der Waals surface area contributed by atoms with E-state index in [1.54, 1.807) is 23.7 Å². The second-order valence-corrected chi connectivity index (χ2v) is 8.94. The second-order valence-electron chi connectivity index (χ2n) is 8.16. The van der Waals surface area contributed by atoms with Gasteiger partial charge in [0.05, 0.1) is 28.6 Å². The largest absolute Gasteiger partial charge is 0.336 e. The minimum Gasteiger partial charge on any atom is -0.336 e. The molecule has 0 bridgehead atoms. The number of hydrogen-bond acceptors (Lipinski definition) is 7. The number of imidazole rings is 1. The zero-order valence-corrected chi connectivity index (χ0v) is 18.9. The Hall–Kier alpha value is -3.95. The van der Waals surface area contributed by atoms with E-state index in [0.29, 0.717) is 5.82 Å². The third kappa shape index (κ3) is 3.57. The Balaban J connectivity index is 1.45. The highest BCUT2D eigenvalue weighted by Gasteiger charge is 2.17. The van der Waals surface area contributed by atoms with Gasteiger partial charge in [-0.3, -0.25) is 20.1 Å². The first-order valence-corrected chi connectivity index (χ1v) is 11.4. The molecule has 33 heavy (non-hydrogen) atoms. The van der Waals surface area contributed by atoms with Crippen LogP contribution in [0.4, 0.5) is 0 Å². The highest BCUT2D eigenvalue weighted by molar-refractivity contribution is 7.08. The first kappa shape index (κ1) is 19.7. The van der Waals surface area contributed by atoms with Gasteiger partial charge in [-0.2, -0.15) is 16.4 Å². The standard InChI is InChI=1S/C24H20N8S/c1-32(2)12-14-7-16(10-25-9-14)19-8-17-20(11-27-19)30-31-22(17)24-28-18-3-5-26-21(23(18)29-24)15-4-6-33-13-15/h3-11,13H,12H2,1-2H3,(H,28,29)(H,30,31). The van der Waals surface area contributed by atoms with Crippen molar-refractivity contribution >= 4 is 33.3 Å². The van der Waals surface area contributed by atoms with Crippen LogP contribution in [0.25, 0.3) is 56.0 Å². The lowest BCUT2D eigenvalue weighted by Gasteiger charge is -2.10. The predicted molar refractivity (Wildman–Crippen MR) is 131 cm³/mol. The van der Waals surface area contributed by atoms with E-state index in [1.807, 2.05) is 44.0 Å². The summed E-state index contributed by atoms with van der Waals surface area (Å²) in [5, 5.41) is 12.7. The fourth-order valence-electron chi connectivity index (χ4n) is 3.99.